The Labute approximate surface area is 77.6 Å². The maximum atomic E-state index is 3.66. The van der Waals surface area contributed by atoms with E-state index in [1.165, 1.54) is 0 Å². The molecule has 0 radical (unpaired) electrons. The van der Waals surface area contributed by atoms with Gasteiger partial charge in [-0.2, -0.15) is 18.2 Å². The molecule has 0 bridgehead atoms. The van der Waals surface area contributed by atoms with E-state index in [1.54, 1.807) is 12.3 Å². The molecule has 0 aliphatic heterocycles. The molecule has 9 heavy (non-hydrogen) atoms. The first-order chi connectivity index (χ1) is 3.00. The Balaban J connectivity index is -0.000000120. The van der Waals surface area contributed by atoms with Crippen molar-refractivity contribution in [2.24, 2.45) is 0 Å². The van der Waals surface area contributed by atoms with Crippen LogP contribution in [0.4, 0.5) is 0 Å². The maximum Gasteiger partial charge on any atom is 0 e. The van der Waals surface area contributed by atoms with Crippen molar-refractivity contribution in [3.8, 4) is 0 Å². The van der Waals surface area contributed by atoms with E-state index in [4.69, 9.17) is 0 Å². The van der Waals surface area contributed by atoms with Gasteiger partial charge in [0.25, 0.3) is 0 Å². The monoisotopic (exact) mass is 206 g/mol. The van der Waals surface area contributed by atoms with E-state index < -0.39 is 0 Å². The van der Waals surface area contributed by atoms with E-state index in [-0.39, 0.29) is 41.9 Å². The first-order valence-electron chi connectivity index (χ1n) is 1.77. The second kappa shape index (κ2) is 11.1. The van der Waals surface area contributed by atoms with Gasteiger partial charge in [-0.25, -0.2) is 0 Å². The molecule has 1 rings (SSSR count). The van der Waals surface area contributed by atoms with Crippen LogP contribution >= 0.6 is 24.8 Å². The first kappa shape index (κ1) is 16.1. The van der Waals surface area contributed by atoms with Gasteiger partial charge in [-0.05, 0) is 0 Å². The summed E-state index contributed by atoms with van der Waals surface area (Å²) in [4.78, 5) is 3.66. The molecular weight excluding hydrogens is 201 g/mol. The molecule has 1 aromatic heterocycles. The van der Waals surface area contributed by atoms with Crippen LogP contribution in [0.3, 0.4) is 0 Å². The molecule has 0 fully saturated rings. The number of hydrogen-bond donors (Lipinski definition) is 0. The normalized spacial score (nSPS) is 5.33. The third kappa shape index (κ3) is 8.25. The third-order valence-corrected chi connectivity index (χ3v) is 0.517. The molecule has 0 amide bonds. The summed E-state index contributed by atoms with van der Waals surface area (Å²) in [6.07, 6.45) is 4.34. The first-order valence-corrected chi connectivity index (χ1v) is 1.77. The predicted octanol–water partition coefficient (Wildman–Crippen LogP) is 1.72. The Morgan fingerprint density at radius 3 is 1.89 bits per heavy atom. The van der Waals surface area contributed by atoms with Crippen molar-refractivity contribution in [3.05, 3.63) is 30.6 Å². The van der Waals surface area contributed by atoms with Crippen molar-refractivity contribution >= 4 is 24.8 Å². The van der Waals surface area contributed by atoms with Crippen molar-refractivity contribution in [2.75, 3.05) is 0 Å². The number of hydrogen-bond acceptors (Lipinski definition) is 1. The van der Waals surface area contributed by atoms with Crippen molar-refractivity contribution in [1.82, 2.24) is 4.98 Å². The molecule has 0 N–H and O–H groups in total. The van der Waals surface area contributed by atoms with E-state index in [0.29, 0.717) is 0 Å². The van der Waals surface area contributed by atoms with Crippen LogP contribution in [0.2, 0.25) is 0 Å². The number of rotatable bonds is 0. The summed E-state index contributed by atoms with van der Waals surface area (Å²) in [6.45, 7) is 0. The minimum atomic E-state index is 0. The number of pyridine rings is 1. The molecule has 0 saturated carbocycles. The van der Waals surface area contributed by atoms with Crippen LogP contribution in [0.25, 0.3) is 0 Å². The van der Waals surface area contributed by atoms with Crippen LogP contribution in [0.15, 0.2) is 24.4 Å². The summed E-state index contributed by atoms with van der Waals surface area (Å²) >= 11 is 0. The van der Waals surface area contributed by atoms with Crippen molar-refractivity contribution in [1.29, 1.82) is 0 Å². The summed E-state index contributed by atoms with van der Waals surface area (Å²) in [5, 5.41) is 0. The van der Waals surface area contributed by atoms with Crippen LogP contribution in [0.5, 0.6) is 0 Å². The van der Waals surface area contributed by atoms with Crippen LogP contribution in [0.1, 0.15) is 0 Å². The molecule has 0 spiro atoms. The molecule has 54 valence electrons. The van der Waals surface area contributed by atoms with E-state index in [2.05, 4.69) is 11.2 Å². The summed E-state index contributed by atoms with van der Waals surface area (Å²) in [7, 11) is 0. The number of aromatic nitrogens is 1. The van der Waals surface area contributed by atoms with Crippen molar-refractivity contribution in [3.63, 3.8) is 0 Å². The zero-order valence-corrected chi connectivity index (χ0v) is 7.16. The molecule has 0 unspecified atom stereocenters. The Morgan fingerprint density at radius 1 is 1.11 bits per heavy atom. The van der Waals surface area contributed by atoms with E-state index in [9.17, 15) is 0 Å². The standard InChI is InChI=1S/C5H4N.2ClH.Fe/c1-2-4-6-5-3-1;;;/h1-4H;2*1H;/q-1;;;. The van der Waals surface area contributed by atoms with Gasteiger partial charge in [-0.1, -0.05) is 12.4 Å². The van der Waals surface area contributed by atoms with Crippen molar-refractivity contribution < 1.29 is 17.1 Å². The molecule has 1 heterocycles. The Bertz CT molecular complexity index is 86.9. The van der Waals surface area contributed by atoms with Gasteiger partial charge in [0.15, 0.2) is 0 Å². The fourth-order valence-corrected chi connectivity index (χ4v) is 0.277. The summed E-state index contributed by atoms with van der Waals surface area (Å²) in [6, 6.07) is 5.50. The molecule has 0 aliphatic rings. The number of nitrogens with zero attached hydrogens (tertiary/aromatic N) is 1. The topological polar surface area (TPSA) is 12.9 Å². The van der Waals surface area contributed by atoms with E-state index in [1.807, 2.05) is 12.1 Å². The van der Waals surface area contributed by atoms with Crippen LogP contribution in [-0.4, -0.2) is 4.98 Å². The molecule has 0 saturated heterocycles. The van der Waals surface area contributed by atoms with Gasteiger partial charge in [0.2, 0.25) is 0 Å². The molecule has 0 aliphatic carbocycles. The molecule has 0 atom stereocenters. The maximum absolute atomic E-state index is 3.66. The van der Waals surface area contributed by atoms with E-state index >= 15 is 0 Å². The molecule has 4 heteroatoms. The third-order valence-electron chi connectivity index (χ3n) is 0.517. The summed E-state index contributed by atoms with van der Waals surface area (Å²) in [5.74, 6) is 0. The van der Waals surface area contributed by atoms with Crippen LogP contribution in [0, 0.1) is 6.20 Å². The van der Waals surface area contributed by atoms with Crippen LogP contribution < -0.4 is 0 Å². The Kier molecular flexibility index (Phi) is 19.9. The summed E-state index contributed by atoms with van der Waals surface area (Å²) < 4.78 is 0. The van der Waals surface area contributed by atoms with Crippen LogP contribution in [-0.2, 0) is 17.1 Å². The second-order valence-electron chi connectivity index (χ2n) is 0.959. The SMILES string of the molecule is Cl.Cl.[Fe].[c-]1ccccn1. The quantitative estimate of drug-likeness (QED) is 0.466. The Morgan fingerprint density at radius 2 is 1.78 bits per heavy atom. The van der Waals surface area contributed by atoms with Gasteiger partial charge in [0.05, 0.1) is 0 Å². The average molecular weight is 207 g/mol. The van der Waals surface area contributed by atoms with E-state index in [0.717, 1.165) is 0 Å². The smallest absolute Gasteiger partial charge is 0 e. The van der Waals surface area contributed by atoms with Crippen molar-refractivity contribution in [2.45, 2.75) is 0 Å². The molecule has 0 aromatic carbocycles. The largest absolute Gasteiger partial charge is 0.394 e. The average Bonchev–Trinajstić information content (AvgIpc) is 1.72. The minimum absolute atomic E-state index is 0. The van der Waals surface area contributed by atoms with Gasteiger partial charge in [0.1, 0.15) is 0 Å². The molecular formula is C5H6Cl2FeN-. The van der Waals surface area contributed by atoms with Gasteiger partial charge >= 0.3 is 0 Å². The molecule has 1 nitrogen and oxygen atoms in total. The zero-order chi connectivity index (χ0) is 4.24. The fraction of sp³-hybridized carbons (Fsp3) is 0. The number of halogens is 2. The van der Waals surface area contributed by atoms with Gasteiger partial charge in [-0.15, -0.1) is 24.8 Å². The predicted molar refractivity (Wildman–Crippen MR) is 37.6 cm³/mol. The minimum Gasteiger partial charge on any atom is -0.394 e. The second-order valence-corrected chi connectivity index (χ2v) is 0.959. The Hall–Kier alpha value is 0.249. The van der Waals surface area contributed by atoms with Gasteiger partial charge in [-0.3, -0.25) is 0 Å². The summed E-state index contributed by atoms with van der Waals surface area (Å²) in [5.41, 5.74) is 0. The van der Waals surface area contributed by atoms with Gasteiger partial charge < -0.3 is 4.98 Å². The van der Waals surface area contributed by atoms with Gasteiger partial charge in [0, 0.05) is 17.1 Å². The molecule has 1 aromatic rings. The zero-order valence-electron chi connectivity index (χ0n) is 4.43. The fourth-order valence-electron chi connectivity index (χ4n) is 0.277.